The largest absolute Gasteiger partial charge is 0.416 e. The smallest absolute Gasteiger partial charge is 0.358 e. The van der Waals surface area contributed by atoms with Gasteiger partial charge in [-0.2, -0.15) is 13.2 Å². The third-order valence-corrected chi connectivity index (χ3v) is 3.89. The van der Waals surface area contributed by atoms with Crippen LogP contribution >= 0.6 is 23.2 Å². The number of hydrogen-bond donors (Lipinski definition) is 1. The van der Waals surface area contributed by atoms with E-state index in [0.717, 1.165) is 10.7 Å². The Bertz CT molecular complexity index is 1190. The molecule has 1 N–H and O–H groups in total. The molecular weight excluding hydrogens is 380 g/mol. The Morgan fingerprint density at radius 1 is 1.32 bits per heavy atom. The standard InChI is InChI=1S/C15H7Cl2F3N4O/c1-6-3-10(25)22-14-11(6)13(21-2)23-24(14)12-8(16)4-7(5-9(12)17)15(18,19)20/h3-5H,1H3,(H,22,25)/i1D3. The molecule has 0 saturated heterocycles. The van der Waals surface area contributed by atoms with E-state index in [-0.39, 0.29) is 22.5 Å². The minimum atomic E-state index is -4.71. The Kier molecular flexibility index (Phi) is 3.19. The number of fused-ring (bicyclic) bond motifs is 1. The second-order valence-electron chi connectivity index (χ2n) is 4.90. The van der Waals surface area contributed by atoms with Crippen LogP contribution in [0, 0.1) is 13.4 Å². The van der Waals surface area contributed by atoms with Crippen molar-refractivity contribution in [2.45, 2.75) is 13.0 Å². The molecule has 2 heterocycles. The van der Waals surface area contributed by atoms with Crippen molar-refractivity contribution in [1.82, 2.24) is 14.8 Å². The van der Waals surface area contributed by atoms with Crippen LogP contribution in [0.2, 0.25) is 10.0 Å². The summed E-state index contributed by atoms with van der Waals surface area (Å²) in [5.74, 6) is -0.385. The van der Waals surface area contributed by atoms with E-state index in [2.05, 4.69) is 14.9 Å². The lowest BCUT2D eigenvalue weighted by Gasteiger charge is -2.11. The number of rotatable bonds is 1. The van der Waals surface area contributed by atoms with Gasteiger partial charge in [-0.3, -0.25) is 4.79 Å². The van der Waals surface area contributed by atoms with E-state index >= 15 is 0 Å². The maximum absolute atomic E-state index is 12.9. The van der Waals surface area contributed by atoms with E-state index in [1.807, 2.05) is 0 Å². The van der Waals surface area contributed by atoms with Crippen LogP contribution in [0.1, 0.15) is 15.2 Å². The molecule has 128 valence electrons. The molecule has 0 amide bonds. The van der Waals surface area contributed by atoms with Gasteiger partial charge in [-0.1, -0.05) is 29.8 Å². The van der Waals surface area contributed by atoms with Gasteiger partial charge < -0.3 is 9.83 Å². The van der Waals surface area contributed by atoms with E-state index in [4.69, 9.17) is 33.9 Å². The number of aromatic nitrogens is 3. The van der Waals surface area contributed by atoms with Crippen LogP contribution in [0.25, 0.3) is 21.6 Å². The molecule has 0 bridgehead atoms. The van der Waals surface area contributed by atoms with Gasteiger partial charge in [-0.25, -0.2) is 0 Å². The maximum Gasteiger partial charge on any atom is 0.416 e. The fourth-order valence-corrected chi connectivity index (χ4v) is 2.94. The lowest BCUT2D eigenvalue weighted by atomic mass is 10.2. The first kappa shape index (κ1) is 13.8. The van der Waals surface area contributed by atoms with Crippen LogP contribution in [0.5, 0.6) is 0 Å². The number of nitrogens with zero attached hydrogens (tertiary/aromatic N) is 3. The molecule has 0 aliphatic carbocycles. The Labute approximate surface area is 152 Å². The van der Waals surface area contributed by atoms with E-state index < -0.39 is 39.8 Å². The van der Waals surface area contributed by atoms with Crippen molar-refractivity contribution in [2.75, 3.05) is 0 Å². The molecule has 3 rings (SSSR count). The molecule has 5 nitrogen and oxygen atoms in total. The van der Waals surface area contributed by atoms with E-state index in [1.165, 1.54) is 0 Å². The first-order valence-corrected chi connectivity index (χ1v) is 7.21. The Morgan fingerprint density at radius 3 is 2.48 bits per heavy atom. The lowest BCUT2D eigenvalue weighted by Crippen LogP contribution is -2.10. The molecule has 25 heavy (non-hydrogen) atoms. The van der Waals surface area contributed by atoms with Gasteiger partial charge in [0.2, 0.25) is 5.56 Å². The maximum atomic E-state index is 12.9. The quantitative estimate of drug-likeness (QED) is 0.601. The topological polar surface area (TPSA) is 55.0 Å². The highest BCUT2D eigenvalue weighted by molar-refractivity contribution is 6.38. The average molecular weight is 390 g/mol. The van der Waals surface area contributed by atoms with Gasteiger partial charge in [0, 0.05) is 10.2 Å². The Morgan fingerprint density at radius 2 is 1.96 bits per heavy atom. The van der Waals surface area contributed by atoms with Gasteiger partial charge in [0.15, 0.2) is 5.65 Å². The van der Waals surface area contributed by atoms with Gasteiger partial charge in [0.25, 0.3) is 0 Å². The first-order chi connectivity index (χ1) is 12.8. The van der Waals surface area contributed by atoms with Crippen molar-refractivity contribution in [3.05, 3.63) is 61.1 Å². The van der Waals surface area contributed by atoms with Crippen LogP contribution in [-0.2, 0) is 6.18 Å². The molecule has 0 unspecified atom stereocenters. The second kappa shape index (κ2) is 5.79. The number of aromatic amines is 1. The van der Waals surface area contributed by atoms with E-state index in [9.17, 15) is 18.0 Å². The van der Waals surface area contributed by atoms with Gasteiger partial charge in [0.1, 0.15) is 5.69 Å². The number of hydrogen-bond acceptors (Lipinski definition) is 2. The van der Waals surface area contributed by atoms with Crippen molar-refractivity contribution >= 4 is 40.1 Å². The number of halogens is 5. The summed E-state index contributed by atoms with van der Waals surface area (Å²) >= 11 is 11.9. The molecule has 0 atom stereocenters. The zero-order valence-electron chi connectivity index (χ0n) is 14.9. The zero-order valence-corrected chi connectivity index (χ0v) is 13.4. The predicted molar refractivity (Wildman–Crippen MR) is 87.7 cm³/mol. The summed E-state index contributed by atoms with van der Waals surface area (Å²) in [6, 6.07) is 2.03. The summed E-state index contributed by atoms with van der Waals surface area (Å²) in [4.78, 5) is 17.4. The first-order valence-electron chi connectivity index (χ1n) is 7.95. The lowest BCUT2D eigenvalue weighted by molar-refractivity contribution is -0.137. The monoisotopic (exact) mass is 389 g/mol. The molecule has 10 heteroatoms. The fraction of sp³-hybridized carbons (Fsp3) is 0.133. The Hall–Kier alpha value is -2.50. The predicted octanol–water partition coefficient (Wildman–Crippen LogP) is 4.90. The number of alkyl halides is 3. The summed E-state index contributed by atoms with van der Waals surface area (Å²) in [5.41, 5.74) is -2.81. The van der Waals surface area contributed by atoms with Gasteiger partial charge >= 0.3 is 12.0 Å². The van der Waals surface area contributed by atoms with Gasteiger partial charge in [-0.05, 0) is 29.6 Å². The van der Waals surface area contributed by atoms with Crippen molar-refractivity contribution in [2.24, 2.45) is 0 Å². The zero-order chi connectivity index (χ0) is 21.0. The third kappa shape index (κ3) is 2.86. The molecular formula is C15H7Cl2F3N4O. The van der Waals surface area contributed by atoms with Crippen LogP contribution in [0.15, 0.2) is 23.0 Å². The number of pyridine rings is 1. The highest BCUT2D eigenvalue weighted by atomic mass is 35.5. The van der Waals surface area contributed by atoms with Crippen LogP contribution in [0.4, 0.5) is 19.0 Å². The third-order valence-electron chi connectivity index (χ3n) is 3.32. The minimum absolute atomic E-state index is 0.179. The van der Waals surface area contributed by atoms with Crippen molar-refractivity contribution in [3.8, 4) is 5.69 Å². The van der Waals surface area contributed by atoms with Crippen LogP contribution < -0.4 is 5.56 Å². The second-order valence-corrected chi connectivity index (χ2v) is 5.72. The van der Waals surface area contributed by atoms with Crippen molar-refractivity contribution in [3.63, 3.8) is 0 Å². The number of H-pyrrole nitrogens is 1. The summed E-state index contributed by atoms with van der Waals surface area (Å²) in [7, 11) is 0. The molecule has 0 radical (unpaired) electrons. The molecule has 0 saturated carbocycles. The van der Waals surface area contributed by atoms with Gasteiger partial charge in [-0.15, -0.1) is 4.68 Å². The van der Waals surface area contributed by atoms with Crippen LogP contribution in [0.3, 0.4) is 0 Å². The summed E-state index contributed by atoms with van der Waals surface area (Å²) in [6.07, 6.45) is -4.71. The van der Waals surface area contributed by atoms with E-state index in [1.54, 1.807) is 0 Å². The molecule has 0 aliphatic rings. The number of nitrogens with one attached hydrogen (secondary N) is 1. The highest BCUT2D eigenvalue weighted by Gasteiger charge is 2.33. The number of aryl methyl sites for hydroxylation is 1. The highest BCUT2D eigenvalue weighted by Crippen LogP contribution is 2.39. The summed E-state index contributed by atoms with van der Waals surface area (Å²) in [6.45, 7) is 4.50. The normalized spacial score (nSPS) is 14.0. The van der Waals surface area contributed by atoms with Crippen molar-refractivity contribution < 1.29 is 17.3 Å². The molecule has 1 aromatic carbocycles. The summed E-state index contributed by atoms with van der Waals surface area (Å²) < 4.78 is 62.4. The van der Waals surface area contributed by atoms with Gasteiger partial charge in [0.05, 0.1) is 21.0 Å². The SMILES string of the molecule is [2H]C([2H])([2H])c1cc(=O)[nH]c2c1c([N+]#[C-])nn2-c1c(Cl)cc(C(F)(F)F)cc1Cl. The van der Waals surface area contributed by atoms with E-state index in [0.29, 0.717) is 12.1 Å². The molecule has 3 aromatic rings. The minimum Gasteiger partial charge on any atom is -0.358 e. The van der Waals surface area contributed by atoms with Crippen molar-refractivity contribution in [1.29, 1.82) is 0 Å². The van der Waals surface area contributed by atoms with Crippen LogP contribution in [-0.4, -0.2) is 14.8 Å². The molecule has 0 aliphatic heterocycles. The molecule has 2 aromatic heterocycles. The average Bonchev–Trinajstić information content (AvgIpc) is 2.90. The molecule has 0 fully saturated rings. The molecule has 0 spiro atoms. The fourth-order valence-electron chi connectivity index (χ4n) is 2.30. The Balaban J connectivity index is 2.43. The summed E-state index contributed by atoms with van der Waals surface area (Å²) in [5, 5.41) is 2.81. The number of benzene rings is 1.